The maximum Gasteiger partial charge on any atom is 0.291 e. The van der Waals surface area contributed by atoms with Gasteiger partial charge in [0.15, 0.2) is 5.82 Å². The van der Waals surface area contributed by atoms with Crippen molar-refractivity contribution in [2.24, 2.45) is 0 Å². The molecule has 0 saturated heterocycles. The highest BCUT2D eigenvalue weighted by atomic mass is 79.9. The number of fused-ring (bicyclic) bond motifs is 1. The van der Waals surface area contributed by atoms with Gasteiger partial charge in [-0.2, -0.15) is 14.6 Å². The van der Waals surface area contributed by atoms with Crippen LogP contribution in [-0.2, 0) is 0 Å². The molecule has 0 atom stereocenters. The minimum atomic E-state index is -0.228. The van der Waals surface area contributed by atoms with E-state index in [1.165, 1.54) is 15.9 Å². The third kappa shape index (κ3) is 4.84. The van der Waals surface area contributed by atoms with E-state index in [0.717, 1.165) is 44.0 Å². The molecule has 0 saturated carbocycles. The highest BCUT2D eigenvalue weighted by molar-refractivity contribution is 9.10. The number of methoxy groups -OCH3 is 1. The molecule has 3 aromatic heterocycles. The zero-order valence-corrected chi connectivity index (χ0v) is 23.4. The van der Waals surface area contributed by atoms with Crippen LogP contribution in [0.15, 0.2) is 88.3 Å². The van der Waals surface area contributed by atoms with Crippen LogP contribution in [0.5, 0.6) is 11.5 Å². The molecule has 6 aromatic rings. The fraction of sp³-hybridized carbons (Fsp3) is 0.103. The Morgan fingerprint density at radius 3 is 2.46 bits per heavy atom. The molecule has 8 nitrogen and oxygen atoms in total. The number of para-hydroxylation sites is 1. The van der Waals surface area contributed by atoms with E-state index >= 15 is 0 Å². The van der Waals surface area contributed by atoms with Crippen molar-refractivity contribution in [1.29, 1.82) is 0 Å². The SMILES string of the molecule is CCOc1ccc(-c2nc3sc(=Cc4cn(-c5ccccc5)nc4-c4ccc(OC)c(Br)c4)c(=O)n3n2)cc1. The van der Waals surface area contributed by atoms with Crippen LogP contribution >= 0.6 is 27.3 Å². The summed E-state index contributed by atoms with van der Waals surface area (Å²) in [7, 11) is 1.63. The minimum Gasteiger partial charge on any atom is -0.496 e. The topological polar surface area (TPSA) is 83.5 Å². The van der Waals surface area contributed by atoms with Gasteiger partial charge in [0.25, 0.3) is 5.56 Å². The molecule has 10 heteroatoms. The Morgan fingerprint density at radius 1 is 1.00 bits per heavy atom. The van der Waals surface area contributed by atoms with Gasteiger partial charge in [-0.3, -0.25) is 4.79 Å². The third-order valence-corrected chi connectivity index (χ3v) is 7.66. The van der Waals surface area contributed by atoms with E-state index in [1.807, 2.05) is 96.7 Å². The fourth-order valence-electron chi connectivity index (χ4n) is 4.21. The molecule has 0 amide bonds. The summed E-state index contributed by atoms with van der Waals surface area (Å²) >= 11 is 4.86. The average molecular weight is 600 g/mol. The van der Waals surface area contributed by atoms with Crippen molar-refractivity contribution < 1.29 is 9.47 Å². The number of thiazole rings is 1. The van der Waals surface area contributed by atoms with Crippen LogP contribution in [0.2, 0.25) is 0 Å². The maximum absolute atomic E-state index is 13.3. The fourth-order valence-corrected chi connectivity index (χ4v) is 5.65. The van der Waals surface area contributed by atoms with E-state index in [0.29, 0.717) is 21.9 Å². The molecule has 0 fully saturated rings. The highest BCUT2D eigenvalue weighted by Crippen LogP contribution is 2.32. The number of hydrogen-bond acceptors (Lipinski definition) is 7. The molecule has 194 valence electrons. The van der Waals surface area contributed by atoms with Gasteiger partial charge in [-0.15, -0.1) is 5.10 Å². The van der Waals surface area contributed by atoms with Crippen molar-refractivity contribution in [1.82, 2.24) is 24.4 Å². The maximum atomic E-state index is 13.3. The summed E-state index contributed by atoms with van der Waals surface area (Å²) in [5, 5.41) is 9.35. The number of rotatable bonds is 7. The first-order valence-corrected chi connectivity index (χ1v) is 13.8. The van der Waals surface area contributed by atoms with Crippen molar-refractivity contribution in [3.63, 3.8) is 0 Å². The van der Waals surface area contributed by atoms with Gasteiger partial charge in [-0.05, 0) is 83.5 Å². The molecule has 0 unspecified atom stereocenters. The molecule has 0 N–H and O–H groups in total. The van der Waals surface area contributed by atoms with E-state index < -0.39 is 0 Å². The van der Waals surface area contributed by atoms with E-state index in [-0.39, 0.29) is 5.56 Å². The summed E-state index contributed by atoms with van der Waals surface area (Å²) < 4.78 is 15.4. The van der Waals surface area contributed by atoms with Crippen molar-refractivity contribution >= 4 is 38.3 Å². The lowest BCUT2D eigenvalue weighted by atomic mass is 10.1. The molecule has 3 heterocycles. The van der Waals surface area contributed by atoms with E-state index in [2.05, 4.69) is 26.0 Å². The van der Waals surface area contributed by atoms with E-state index in [4.69, 9.17) is 14.6 Å². The monoisotopic (exact) mass is 599 g/mol. The van der Waals surface area contributed by atoms with Crippen molar-refractivity contribution in [2.75, 3.05) is 13.7 Å². The predicted octanol–water partition coefficient (Wildman–Crippen LogP) is 5.39. The van der Waals surface area contributed by atoms with Crippen LogP contribution in [0.1, 0.15) is 12.5 Å². The molecular formula is C29H22BrN5O3S. The standard InChI is InChI=1S/C29H22BrN5O3S/c1-3-38-22-12-9-18(10-13-22)27-31-29-35(33-27)28(36)25(39-29)16-20-17-34(21-7-5-4-6-8-21)32-26(20)19-11-14-24(37-2)23(30)15-19/h4-17H,3H2,1-2H3. The molecule has 0 spiro atoms. The Balaban J connectivity index is 1.44. The summed E-state index contributed by atoms with van der Waals surface area (Å²) in [5.74, 6) is 2.00. The van der Waals surface area contributed by atoms with E-state index in [9.17, 15) is 4.79 Å². The van der Waals surface area contributed by atoms with Crippen LogP contribution in [-0.4, -0.2) is 38.1 Å². The Hall–Kier alpha value is -4.28. The van der Waals surface area contributed by atoms with Crippen molar-refractivity contribution in [2.45, 2.75) is 6.92 Å². The zero-order valence-electron chi connectivity index (χ0n) is 21.0. The smallest absolute Gasteiger partial charge is 0.291 e. The Labute approximate surface area is 235 Å². The first kappa shape index (κ1) is 25.0. The lowest BCUT2D eigenvalue weighted by Crippen LogP contribution is -2.23. The molecule has 0 aliphatic rings. The summed E-state index contributed by atoms with van der Waals surface area (Å²) in [5.41, 5.74) is 3.91. The first-order chi connectivity index (χ1) is 19.0. The van der Waals surface area contributed by atoms with Crippen molar-refractivity contribution in [3.05, 3.63) is 104 Å². The molecule has 0 aliphatic heterocycles. The second-order valence-electron chi connectivity index (χ2n) is 8.57. The highest BCUT2D eigenvalue weighted by Gasteiger charge is 2.16. The Morgan fingerprint density at radius 2 is 1.77 bits per heavy atom. The summed E-state index contributed by atoms with van der Waals surface area (Å²) in [6.07, 6.45) is 3.77. The number of halogens is 1. The number of nitrogens with zero attached hydrogens (tertiary/aromatic N) is 5. The minimum absolute atomic E-state index is 0.228. The summed E-state index contributed by atoms with van der Waals surface area (Å²) in [6, 6.07) is 23.1. The average Bonchev–Trinajstić information content (AvgIpc) is 3.65. The van der Waals surface area contributed by atoms with Gasteiger partial charge >= 0.3 is 0 Å². The van der Waals surface area contributed by atoms with Gasteiger partial charge < -0.3 is 9.47 Å². The number of hydrogen-bond donors (Lipinski definition) is 0. The summed E-state index contributed by atoms with van der Waals surface area (Å²) in [4.78, 5) is 18.5. The van der Waals surface area contributed by atoms with Crippen LogP contribution in [0.4, 0.5) is 0 Å². The van der Waals surface area contributed by atoms with Crippen LogP contribution in [0.25, 0.3) is 39.4 Å². The molecule has 39 heavy (non-hydrogen) atoms. The lowest BCUT2D eigenvalue weighted by molar-refractivity contribution is 0.340. The molecular weight excluding hydrogens is 578 g/mol. The largest absolute Gasteiger partial charge is 0.496 e. The van der Waals surface area contributed by atoms with Crippen LogP contribution < -0.4 is 19.6 Å². The summed E-state index contributed by atoms with van der Waals surface area (Å²) in [6.45, 7) is 2.53. The normalized spacial score (nSPS) is 11.8. The van der Waals surface area contributed by atoms with Gasteiger partial charge in [-0.25, -0.2) is 4.68 Å². The van der Waals surface area contributed by atoms with Gasteiger partial charge in [0.2, 0.25) is 4.96 Å². The predicted molar refractivity (Wildman–Crippen MR) is 156 cm³/mol. The molecule has 0 aliphatic carbocycles. The molecule has 0 radical (unpaired) electrons. The van der Waals surface area contributed by atoms with Crippen LogP contribution in [0, 0.1) is 0 Å². The zero-order chi connectivity index (χ0) is 26.9. The molecule has 3 aromatic carbocycles. The van der Waals surface area contributed by atoms with Gasteiger partial charge in [0.1, 0.15) is 17.2 Å². The van der Waals surface area contributed by atoms with Crippen molar-refractivity contribution in [3.8, 4) is 39.8 Å². The molecule has 0 bridgehead atoms. The third-order valence-electron chi connectivity index (χ3n) is 6.08. The Kier molecular flexibility index (Phi) is 6.72. The van der Waals surface area contributed by atoms with E-state index in [1.54, 1.807) is 7.11 Å². The second-order valence-corrected chi connectivity index (χ2v) is 10.4. The van der Waals surface area contributed by atoms with Gasteiger partial charge in [0, 0.05) is 22.9 Å². The van der Waals surface area contributed by atoms with Gasteiger partial charge in [0.05, 0.1) is 28.4 Å². The Bertz CT molecular complexity index is 1900. The number of aromatic nitrogens is 5. The number of benzene rings is 3. The molecule has 6 rings (SSSR count). The quantitative estimate of drug-likeness (QED) is 0.245. The van der Waals surface area contributed by atoms with Crippen LogP contribution in [0.3, 0.4) is 0 Å². The number of ether oxygens (including phenoxy) is 2. The van der Waals surface area contributed by atoms with Gasteiger partial charge in [-0.1, -0.05) is 29.5 Å². The first-order valence-electron chi connectivity index (χ1n) is 12.2. The second kappa shape index (κ2) is 10.5. The lowest BCUT2D eigenvalue weighted by Gasteiger charge is -2.05.